The lowest BCUT2D eigenvalue weighted by Crippen LogP contribution is -2.35. The summed E-state index contributed by atoms with van der Waals surface area (Å²) in [5.74, 6) is -2.67. The Morgan fingerprint density at radius 2 is 2.09 bits per heavy atom. The summed E-state index contributed by atoms with van der Waals surface area (Å²) in [6.07, 6.45) is 2.14. The van der Waals surface area contributed by atoms with E-state index in [-0.39, 0.29) is 5.69 Å². The van der Waals surface area contributed by atoms with E-state index in [1.54, 1.807) is 18.2 Å². The Balaban J connectivity index is 2.17. The van der Waals surface area contributed by atoms with Crippen LogP contribution in [0.2, 0.25) is 0 Å². The molecule has 7 nitrogen and oxygen atoms in total. The van der Waals surface area contributed by atoms with E-state index in [4.69, 9.17) is 5.26 Å². The van der Waals surface area contributed by atoms with Crippen molar-refractivity contribution in [3.63, 3.8) is 0 Å². The third-order valence-electron chi connectivity index (χ3n) is 2.97. The summed E-state index contributed by atoms with van der Waals surface area (Å²) in [7, 11) is 0. The van der Waals surface area contributed by atoms with Crippen LogP contribution in [0.3, 0.4) is 0 Å². The van der Waals surface area contributed by atoms with Crippen LogP contribution in [-0.4, -0.2) is 33.2 Å². The highest BCUT2D eigenvalue weighted by atomic mass is 16.2. The molecule has 0 aliphatic rings. The highest BCUT2D eigenvalue weighted by Gasteiger charge is 2.29. The third-order valence-corrected chi connectivity index (χ3v) is 2.97. The number of hydrogen-bond acceptors (Lipinski definition) is 5. The summed E-state index contributed by atoms with van der Waals surface area (Å²) in [4.78, 5) is 24.0. The lowest BCUT2D eigenvalue weighted by atomic mass is 10.0. The molecular formula is C15H15N5O2. The van der Waals surface area contributed by atoms with E-state index in [1.165, 1.54) is 10.9 Å². The number of hydrogen-bond donors (Lipinski definition) is 1. The van der Waals surface area contributed by atoms with Crippen LogP contribution in [-0.2, 0) is 4.79 Å². The maximum atomic E-state index is 12.2. The molecule has 0 saturated heterocycles. The number of aromatic nitrogens is 3. The van der Waals surface area contributed by atoms with Gasteiger partial charge in [0.05, 0.1) is 18.0 Å². The molecule has 2 rings (SSSR count). The molecule has 1 aromatic heterocycles. The molecule has 1 unspecified atom stereocenters. The number of nitriles is 1. The quantitative estimate of drug-likeness (QED) is 0.636. The van der Waals surface area contributed by atoms with Crippen LogP contribution in [0, 0.1) is 17.2 Å². The molecule has 0 bridgehead atoms. The van der Waals surface area contributed by atoms with Crippen molar-refractivity contribution in [1.82, 2.24) is 20.3 Å². The van der Waals surface area contributed by atoms with Crippen LogP contribution in [0.15, 0.2) is 36.5 Å². The summed E-state index contributed by atoms with van der Waals surface area (Å²) in [5, 5.41) is 19.2. The monoisotopic (exact) mass is 297 g/mol. The molecule has 0 fully saturated rings. The highest BCUT2D eigenvalue weighted by molar-refractivity contribution is 6.11. The number of para-hydroxylation sites is 1. The molecular weight excluding hydrogens is 282 g/mol. The summed E-state index contributed by atoms with van der Waals surface area (Å²) >= 11 is 0. The van der Waals surface area contributed by atoms with Gasteiger partial charge >= 0.3 is 0 Å². The van der Waals surface area contributed by atoms with Crippen molar-refractivity contribution in [3.8, 4) is 11.8 Å². The summed E-state index contributed by atoms with van der Waals surface area (Å²) < 4.78 is 1.42. The van der Waals surface area contributed by atoms with Gasteiger partial charge in [0, 0.05) is 6.54 Å². The molecule has 2 aromatic rings. The van der Waals surface area contributed by atoms with Crippen LogP contribution in [0.4, 0.5) is 0 Å². The molecule has 0 saturated carbocycles. The molecule has 1 heterocycles. The van der Waals surface area contributed by atoms with Gasteiger partial charge in [-0.15, -0.1) is 5.10 Å². The Bertz CT molecular complexity index is 702. The fourth-order valence-corrected chi connectivity index (χ4v) is 1.82. The van der Waals surface area contributed by atoms with Crippen LogP contribution < -0.4 is 5.32 Å². The predicted octanol–water partition coefficient (Wildman–Crippen LogP) is 1.12. The van der Waals surface area contributed by atoms with Crippen molar-refractivity contribution in [2.24, 2.45) is 5.92 Å². The minimum atomic E-state index is -1.41. The van der Waals surface area contributed by atoms with Gasteiger partial charge < -0.3 is 5.32 Å². The topological polar surface area (TPSA) is 101 Å². The molecule has 1 aromatic carbocycles. The second-order valence-electron chi connectivity index (χ2n) is 4.60. The number of carbonyl (C=O) groups is 2. The second kappa shape index (κ2) is 7.13. The number of amides is 1. The Hall–Kier alpha value is -3.01. The Morgan fingerprint density at radius 3 is 2.73 bits per heavy atom. The zero-order valence-corrected chi connectivity index (χ0v) is 12.1. The Labute approximate surface area is 127 Å². The molecule has 0 aliphatic heterocycles. The minimum absolute atomic E-state index is 0.0120. The van der Waals surface area contributed by atoms with Gasteiger partial charge in [0.2, 0.25) is 11.7 Å². The molecule has 0 aliphatic carbocycles. The van der Waals surface area contributed by atoms with Crippen LogP contribution in [0.1, 0.15) is 23.8 Å². The van der Waals surface area contributed by atoms with Gasteiger partial charge in [-0.3, -0.25) is 9.59 Å². The predicted molar refractivity (Wildman–Crippen MR) is 78.1 cm³/mol. The summed E-state index contributed by atoms with van der Waals surface area (Å²) in [5.41, 5.74) is 0.722. The van der Waals surface area contributed by atoms with Crippen molar-refractivity contribution in [2.45, 2.75) is 13.3 Å². The van der Waals surface area contributed by atoms with E-state index in [9.17, 15) is 9.59 Å². The minimum Gasteiger partial charge on any atom is -0.355 e. The molecule has 22 heavy (non-hydrogen) atoms. The smallest absolute Gasteiger partial charge is 0.245 e. The van der Waals surface area contributed by atoms with Crippen molar-refractivity contribution in [1.29, 1.82) is 5.26 Å². The number of rotatable bonds is 6. The van der Waals surface area contributed by atoms with Crippen molar-refractivity contribution in [2.75, 3.05) is 6.54 Å². The van der Waals surface area contributed by atoms with Gasteiger partial charge in [-0.2, -0.15) is 5.26 Å². The standard InChI is InChI=1S/C15H15N5O2/c1-2-8-17-15(22)12(9-16)14(21)13-10-20(19-18-13)11-6-4-3-5-7-11/h3-7,10,12H,2,8H2,1H3,(H,17,22). The SMILES string of the molecule is CCCNC(=O)C(C#N)C(=O)c1cn(-c2ccccc2)nn1. The largest absolute Gasteiger partial charge is 0.355 e. The summed E-state index contributed by atoms with van der Waals surface area (Å²) in [6, 6.07) is 10.8. The molecule has 0 radical (unpaired) electrons. The van der Waals surface area contributed by atoms with Crippen molar-refractivity contribution < 1.29 is 9.59 Å². The van der Waals surface area contributed by atoms with E-state index < -0.39 is 17.6 Å². The van der Waals surface area contributed by atoms with E-state index in [1.807, 2.05) is 25.1 Å². The number of Topliss-reactive ketones (excluding diaryl/α,β-unsaturated/α-hetero) is 1. The zero-order chi connectivity index (χ0) is 15.9. The second-order valence-corrected chi connectivity index (χ2v) is 4.60. The van der Waals surface area contributed by atoms with Gasteiger partial charge in [-0.25, -0.2) is 4.68 Å². The normalized spacial score (nSPS) is 11.5. The van der Waals surface area contributed by atoms with E-state index in [2.05, 4.69) is 15.6 Å². The number of ketones is 1. The lowest BCUT2D eigenvalue weighted by molar-refractivity contribution is -0.122. The number of nitrogens with one attached hydrogen (secondary N) is 1. The number of nitrogens with zero attached hydrogens (tertiary/aromatic N) is 4. The maximum absolute atomic E-state index is 12.2. The zero-order valence-electron chi connectivity index (χ0n) is 12.1. The van der Waals surface area contributed by atoms with E-state index in [0.717, 1.165) is 12.1 Å². The van der Waals surface area contributed by atoms with Gasteiger partial charge in [0.25, 0.3) is 0 Å². The highest BCUT2D eigenvalue weighted by Crippen LogP contribution is 2.10. The van der Waals surface area contributed by atoms with Gasteiger partial charge in [0.1, 0.15) is 0 Å². The first kappa shape index (κ1) is 15.4. The molecule has 1 atom stereocenters. The summed E-state index contributed by atoms with van der Waals surface area (Å²) in [6.45, 7) is 2.30. The third kappa shape index (κ3) is 3.35. The Morgan fingerprint density at radius 1 is 1.36 bits per heavy atom. The van der Waals surface area contributed by atoms with Gasteiger partial charge in [-0.05, 0) is 18.6 Å². The average molecular weight is 297 g/mol. The van der Waals surface area contributed by atoms with Crippen molar-refractivity contribution in [3.05, 3.63) is 42.2 Å². The average Bonchev–Trinajstić information content (AvgIpc) is 3.04. The maximum Gasteiger partial charge on any atom is 0.245 e. The van der Waals surface area contributed by atoms with Crippen LogP contribution in [0.5, 0.6) is 0 Å². The molecule has 1 N–H and O–H groups in total. The Kier molecular flexibility index (Phi) is 4.98. The lowest BCUT2D eigenvalue weighted by Gasteiger charge is -2.06. The molecule has 112 valence electrons. The molecule has 0 spiro atoms. The fourth-order valence-electron chi connectivity index (χ4n) is 1.82. The van der Waals surface area contributed by atoms with Gasteiger partial charge in [0.15, 0.2) is 11.6 Å². The van der Waals surface area contributed by atoms with Crippen LogP contribution >= 0.6 is 0 Å². The number of carbonyl (C=O) groups excluding carboxylic acids is 2. The molecule has 1 amide bonds. The number of benzene rings is 1. The fraction of sp³-hybridized carbons (Fsp3) is 0.267. The van der Waals surface area contributed by atoms with Crippen molar-refractivity contribution >= 4 is 11.7 Å². The molecule has 7 heteroatoms. The first-order valence-electron chi connectivity index (χ1n) is 6.86. The van der Waals surface area contributed by atoms with Crippen LogP contribution in [0.25, 0.3) is 5.69 Å². The first-order chi connectivity index (χ1) is 10.7. The first-order valence-corrected chi connectivity index (χ1v) is 6.86. The van der Waals surface area contributed by atoms with Gasteiger partial charge in [-0.1, -0.05) is 30.3 Å². The van der Waals surface area contributed by atoms with E-state index >= 15 is 0 Å². The van der Waals surface area contributed by atoms with E-state index in [0.29, 0.717) is 6.54 Å².